The molecule has 6 rings (SSSR count). The van der Waals surface area contributed by atoms with Crippen LogP contribution >= 0.6 is 11.3 Å². The molecule has 3 aromatic carbocycles. The van der Waals surface area contributed by atoms with Crippen LogP contribution in [0.1, 0.15) is 16.1 Å². The van der Waals surface area contributed by atoms with Gasteiger partial charge in [-0.05, 0) is 34.6 Å². The summed E-state index contributed by atoms with van der Waals surface area (Å²) in [5.74, 6) is 0.418. The molecule has 0 saturated heterocycles. The summed E-state index contributed by atoms with van der Waals surface area (Å²) in [6.45, 7) is 0. The van der Waals surface area contributed by atoms with Crippen LogP contribution in [-0.4, -0.2) is 33.0 Å². The molecule has 0 saturated carbocycles. The lowest BCUT2D eigenvalue weighted by molar-refractivity contribution is 0.0958. The molecule has 9 heteroatoms. The van der Waals surface area contributed by atoms with E-state index in [1.165, 1.54) is 4.68 Å². The lowest BCUT2D eigenvalue weighted by Crippen LogP contribution is -2.26. The van der Waals surface area contributed by atoms with E-state index >= 15 is 0 Å². The first kappa shape index (κ1) is 22.7. The van der Waals surface area contributed by atoms with Crippen LogP contribution in [0.3, 0.4) is 0 Å². The van der Waals surface area contributed by atoms with Crippen LogP contribution in [-0.2, 0) is 6.42 Å². The Morgan fingerprint density at radius 2 is 1.57 bits per heavy atom. The van der Waals surface area contributed by atoms with Gasteiger partial charge in [0.05, 0.1) is 18.4 Å². The van der Waals surface area contributed by atoms with Gasteiger partial charge in [-0.25, -0.2) is 5.10 Å². The molecule has 0 amide bonds. The van der Waals surface area contributed by atoms with Crippen molar-refractivity contribution in [2.45, 2.75) is 6.42 Å². The highest BCUT2D eigenvalue weighted by molar-refractivity contribution is 7.13. The van der Waals surface area contributed by atoms with Gasteiger partial charge in [0.25, 0.3) is 5.91 Å². The van der Waals surface area contributed by atoms with Gasteiger partial charge in [0.1, 0.15) is 11.4 Å². The van der Waals surface area contributed by atoms with Crippen LogP contribution in [0.2, 0.25) is 0 Å². The number of anilines is 1. The Labute approximate surface area is 215 Å². The summed E-state index contributed by atoms with van der Waals surface area (Å²) >= 11 is 0.949. The van der Waals surface area contributed by atoms with Crippen molar-refractivity contribution in [2.24, 2.45) is 0 Å². The van der Waals surface area contributed by atoms with E-state index in [0.717, 1.165) is 39.4 Å². The van der Waals surface area contributed by atoms with Crippen LogP contribution in [0.25, 0.3) is 28.0 Å². The van der Waals surface area contributed by atoms with Crippen molar-refractivity contribution < 1.29 is 9.53 Å². The second kappa shape index (κ2) is 9.36. The van der Waals surface area contributed by atoms with Gasteiger partial charge in [-0.2, -0.15) is 9.78 Å². The van der Waals surface area contributed by atoms with Crippen LogP contribution in [0.5, 0.6) is 5.75 Å². The first-order valence-corrected chi connectivity index (χ1v) is 12.4. The third-order valence-corrected chi connectivity index (χ3v) is 6.88. The van der Waals surface area contributed by atoms with Crippen LogP contribution in [0.4, 0.5) is 5.13 Å². The number of aromatic nitrogens is 4. The lowest BCUT2D eigenvalue weighted by atomic mass is 9.92. The third-order valence-electron chi connectivity index (χ3n) is 6.22. The standard InChI is InChI=1S/C28H21N5O3S/c1-36-20-14-12-18(13-15-20)23-21(29-27-30-31-28(35)37-27)16-22-24(17-8-4-2-5-9-17)25(32-33(22)26(23)34)19-10-6-3-7-11-19/h2-15H,16H2,1H3,(H,29,30)(H,31,35). The number of allylic oxidation sites excluding steroid dienone is 2. The Balaban J connectivity index is 1.56. The molecular formula is C28H21N5O3S. The van der Waals surface area contributed by atoms with Crippen LogP contribution in [0.15, 0.2) is 95.4 Å². The van der Waals surface area contributed by atoms with E-state index in [9.17, 15) is 9.59 Å². The molecule has 0 atom stereocenters. The second-order valence-corrected chi connectivity index (χ2v) is 9.38. The van der Waals surface area contributed by atoms with Crippen molar-refractivity contribution in [1.82, 2.24) is 20.0 Å². The summed E-state index contributed by atoms with van der Waals surface area (Å²) < 4.78 is 6.80. The van der Waals surface area contributed by atoms with Gasteiger partial charge < -0.3 is 10.1 Å². The summed E-state index contributed by atoms with van der Waals surface area (Å²) in [6, 6.07) is 27.1. The number of H-pyrrole nitrogens is 1. The molecule has 0 unspecified atom stereocenters. The number of fused-ring (bicyclic) bond motifs is 1. The van der Waals surface area contributed by atoms with Crippen molar-refractivity contribution in [3.05, 3.63) is 112 Å². The number of rotatable bonds is 6. The monoisotopic (exact) mass is 507 g/mol. The average molecular weight is 508 g/mol. The molecule has 1 aliphatic rings. The Morgan fingerprint density at radius 3 is 2.19 bits per heavy atom. The Bertz CT molecular complexity index is 1680. The molecule has 0 aliphatic carbocycles. The topological polar surface area (TPSA) is 102 Å². The van der Waals surface area contributed by atoms with Gasteiger partial charge in [-0.1, -0.05) is 72.8 Å². The highest BCUT2D eigenvalue weighted by atomic mass is 32.1. The smallest absolute Gasteiger partial charge is 0.324 e. The fraction of sp³-hybridized carbons (Fsp3) is 0.0714. The number of carbonyl (C=O) groups is 1. The predicted molar refractivity (Wildman–Crippen MR) is 144 cm³/mol. The fourth-order valence-corrected chi connectivity index (χ4v) is 5.09. The van der Waals surface area contributed by atoms with E-state index < -0.39 is 0 Å². The molecule has 0 radical (unpaired) electrons. The highest BCUT2D eigenvalue weighted by Gasteiger charge is 2.33. The van der Waals surface area contributed by atoms with Crippen LogP contribution in [0, 0.1) is 0 Å². The van der Waals surface area contributed by atoms with Crippen molar-refractivity contribution in [2.75, 3.05) is 12.4 Å². The van der Waals surface area contributed by atoms with E-state index in [-0.39, 0.29) is 10.8 Å². The zero-order chi connectivity index (χ0) is 25.4. The van der Waals surface area contributed by atoms with Gasteiger partial charge in [0.15, 0.2) is 0 Å². The van der Waals surface area contributed by atoms with Gasteiger partial charge in [-0.3, -0.25) is 9.59 Å². The minimum Gasteiger partial charge on any atom is -0.497 e. The van der Waals surface area contributed by atoms with E-state index in [1.54, 1.807) is 7.11 Å². The lowest BCUT2D eigenvalue weighted by Gasteiger charge is -2.22. The molecule has 1 aliphatic heterocycles. The largest absolute Gasteiger partial charge is 0.497 e. The molecule has 2 N–H and O–H groups in total. The van der Waals surface area contributed by atoms with Gasteiger partial charge in [0, 0.05) is 23.2 Å². The maximum absolute atomic E-state index is 14.1. The average Bonchev–Trinajstić information content (AvgIpc) is 3.53. The van der Waals surface area contributed by atoms with Crippen molar-refractivity contribution >= 4 is 27.9 Å². The first-order valence-electron chi connectivity index (χ1n) is 11.6. The van der Waals surface area contributed by atoms with Gasteiger partial charge >= 0.3 is 4.87 Å². The van der Waals surface area contributed by atoms with Gasteiger partial charge in [-0.15, -0.1) is 5.10 Å². The molecule has 5 aromatic rings. The predicted octanol–water partition coefficient (Wildman–Crippen LogP) is 5.09. The molecule has 8 nitrogen and oxygen atoms in total. The third kappa shape index (κ3) is 4.15. The summed E-state index contributed by atoms with van der Waals surface area (Å²) in [5, 5.41) is 15.0. The Kier molecular flexibility index (Phi) is 5.74. The normalized spacial score (nSPS) is 12.9. The van der Waals surface area contributed by atoms with Crippen molar-refractivity contribution in [3.8, 4) is 28.1 Å². The van der Waals surface area contributed by atoms with E-state index in [1.807, 2.05) is 84.9 Å². The molecule has 182 valence electrons. The summed E-state index contributed by atoms with van der Waals surface area (Å²) in [6.07, 6.45) is 0.380. The quantitative estimate of drug-likeness (QED) is 0.332. The van der Waals surface area contributed by atoms with E-state index in [4.69, 9.17) is 9.84 Å². The fourth-order valence-electron chi connectivity index (χ4n) is 4.56. The number of carbonyl (C=O) groups excluding carboxylic acids is 1. The maximum Gasteiger partial charge on any atom is 0.324 e. The number of methoxy groups -OCH3 is 1. The molecule has 2 aromatic heterocycles. The molecular weight excluding hydrogens is 486 g/mol. The number of nitrogens with zero attached hydrogens (tertiary/aromatic N) is 3. The molecule has 0 fully saturated rings. The van der Waals surface area contributed by atoms with Crippen molar-refractivity contribution in [1.29, 1.82) is 0 Å². The molecule has 37 heavy (non-hydrogen) atoms. The Morgan fingerprint density at radius 1 is 0.892 bits per heavy atom. The number of hydrogen-bond donors (Lipinski definition) is 2. The molecule has 0 bridgehead atoms. The summed E-state index contributed by atoms with van der Waals surface area (Å²) in [5.41, 5.74) is 6.08. The zero-order valence-electron chi connectivity index (χ0n) is 19.8. The number of aromatic amines is 1. The Hall–Kier alpha value is -4.76. The van der Waals surface area contributed by atoms with Crippen molar-refractivity contribution in [3.63, 3.8) is 0 Å². The molecule has 3 heterocycles. The zero-order valence-corrected chi connectivity index (χ0v) is 20.6. The number of benzene rings is 3. The first-order chi connectivity index (χ1) is 18.1. The summed E-state index contributed by atoms with van der Waals surface area (Å²) in [4.78, 5) is 25.6. The molecule has 0 spiro atoms. The number of hydrogen-bond acceptors (Lipinski definition) is 7. The van der Waals surface area contributed by atoms with Gasteiger partial charge in [0.2, 0.25) is 5.13 Å². The maximum atomic E-state index is 14.1. The highest BCUT2D eigenvalue weighted by Crippen LogP contribution is 2.40. The van der Waals surface area contributed by atoms with E-state index in [2.05, 4.69) is 15.5 Å². The number of nitrogens with one attached hydrogen (secondary N) is 2. The minimum atomic E-state index is -0.280. The van der Waals surface area contributed by atoms with E-state index in [0.29, 0.717) is 34.1 Å². The summed E-state index contributed by atoms with van der Waals surface area (Å²) in [7, 11) is 1.60. The SMILES string of the molecule is COc1ccc(C2=C(Nc3n[nH]c(=O)s3)Cc3c(-c4ccccc4)c(-c4ccccc4)nn3C2=O)cc1. The van der Waals surface area contributed by atoms with Crippen LogP contribution < -0.4 is 14.9 Å². The minimum absolute atomic E-state index is 0.267. The second-order valence-electron chi connectivity index (χ2n) is 8.42. The number of ether oxygens (including phenoxy) is 1.